The number of aliphatic imine (C=N–C) groups is 1. The molecule has 1 saturated heterocycles. The Labute approximate surface area is 350 Å². The molecule has 2 aromatic rings. The molecule has 7 amide bonds. The molecule has 60 heavy (non-hydrogen) atoms. The van der Waals surface area contributed by atoms with E-state index in [1.54, 1.807) is 46.3 Å². The summed E-state index contributed by atoms with van der Waals surface area (Å²) in [7, 11) is 0. The fourth-order valence-corrected chi connectivity index (χ4v) is 7.21. The van der Waals surface area contributed by atoms with E-state index in [-0.39, 0.29) is 68.5 Å². The van der Waals surface area contributed by atoms with Gasteiger partial charge in [-0.15, -0.1) is 0 Å². The lowest BCUT2D eigenvalue weighted by molar-refractivity contribution is -0.133. The van der Waals surface area contributed by atoms with E-state index in [1.807, 2.05) is 18.7 Å². The van der Waals surface area contributed by atoms with Crippen molar-refractivity contribution in [3.8, 4) is 0 Å². The van der Waals surface area contributed by atoms with Gasteiger partial charge in [-0.3, -0.25) is 38.5 Å². The van der Waals surface area contributed by atoms with Crippen LogP contribution >= 0.6 is 0 Å². The van der Waals surface area contributed by atoms with E-state index in [9.17, 15) is 33.6 Å². The number of aromatic nitrogens is 1. The van der Waals surface area contributed by atoms with Gasteiger partial charge in [-0.25, -0.2) is 4.99 Å². The van der Waals surface area contributed by atoms with Crippen molar-refractivity contribution in [2.24, 2.45) is 10.7 Å². The highest BCUT2D eigenvalue weighted by molar-refractivity contribution is 6.08. The highest BCUT2D eigenvalue weighted by Crippen LogP contribution is 2.29. The number of amides is 7. The zero-order valence-electron chi connectivity index (χ0n) is 34.6. The maximum atomic E-state index is 13.4. The number of anilines is 1. The smallest absolute Gasteiger partial charge is 0.255 e. The van der Waals surface area contributed by atoms with Crippen LogP contribution in [0.1, 0.15) is 98.8 Å². The van der Waals surface area contributed by atoms with Crippen molar-refractivity contribution in [3.63, 3.8) is 0 Å². The van der Waals surface area contributed by atoms with Crippen molar-refractivity contribution < 1.29 is 33.6 Å². The minimum Gasteiger partial charge on any atom is -0.387 e. The molecule has 0 aliphatic carbocycles. The van der Waals surface area contributed by atoms with Crippen LogP contribution in [-0.4, -0.2) is 113 Å². The zero-order valence-corrected chi connectivity index (χ0v) is 34.6. The third-order valence-corrected chi connectivity index (χ3v) is 10.4. The average molecular weight is 825 g/mol. The number of benzene rings is 1. The number of nitrogens with one attached hydrogen (secondary N) is 4. The first-order chi connectivity index (χ1) is 28.8. The first-order valence-corrected chi connectivity index (χ1v) is 20.7. The predicted molar refractivity (Wildman–Crippen MR) is 226 cm³/mol. The van der Waals surface area contributed by atoms with Gasteiger partial charge in [0, 0.05) is 86.5 Å². The van der Waals surface area contributed by atoms with Crippen molar-refractivity contribution in [1.29, 1.82) is 0 Å². The lowest BCUT2D eigenvalue weighted by Gasteiger charge is -2.28. The van der Waals surface area contributed by atoms with Gasteiger partial charge in [0.15, 0.2) is 0 Å². The van der Waals surface area contributed by atoms with Crippen molar-refractivity contribution in [2.45, 2.75) is 84.6 Å². The number of hydrogen-bond acceptors (Lipinski definition) is 10. The molecular formula is C43H56N10O7. The number of hydrogen-bond donors (Lipinski definition) is 5. The lowest BCUT2D eigenvalue weighted by Crippen LogP contribution is -2.46. The molecule has 17 nitrogen and oxygen atoms in total. The maximum Gasteiger partial charge on any atom is 0.255 e. The van der Waals surface area contributed by atoms with Gasteiger partial charge in [0.2, 0.25) is 35.4 Å². The topological polar surface area (TPSA) is 229 Å². The van der Waals surface area contributed by atoms with E-state index < -0.39 is 17.7 Å². The van der Waals surface area contributed by atoms with Crippen LogP contribution in [0.5, 0.6) is 0 Å². The molecule has 0 unspecified atom stereocenters. The summed E-state index contributed by atoms with van der Waals surface area (Å²) >= 11 is 0. The third-order valence-electron chi connectivity index (χ3n) is 10.4. The molecule has 320 valence electrons. The first kappa shape index (κ1) is 44.7. The number of unbranched alkanes of at least 4 members (excludes halogenated alkanes) is 2. The molecule has 1 aromatic carbocycles. The third kappa shape index (κ3) is 12.6. The van der Waals surface area contributed by atoms with E-state index in [1.165, 1.54) is 0 Å². The SMILES string of the molecule is C=C1CCC(=O)N1CCCCCC(=O)NCC(=O)NCC(=O)NCC(=O)N1CCc2ncc(NC(=O)c3ccc4c(c3)N=C(N)CC(C(=O)N(CCC)CCC)=C4)cc2C1. The van der Waals surface area contributed by atoms with E-state index in [2.05, 4.69) is 37.8 Å². The Morgan fingerprint density at radius 3 is 2.30 bits per heavy atom. The van der Waals surface area contributed by atoms with Gasteiger partial charge in [-0.2, -0.15) is 0 Å². The summed E-state index contributed by atoms with van der Waals surface area (Å²) < 4.78 is 0. The van der Waals surface area contributed by atoms with Gasteiger partial charge < -0.3 is 41.7 Å². The number of amidine groups is 1. The fourth-order valence-electron chi connectivity index (χ4n) is 7.21. The second-order valence-corrected chi connectivity index (χ2v) is 15.1. The first-order valence-electron chi connectivity index (χ1n) is 20.7. The van der Waals surface area contributed by atoms with E-state index in [0.717, 1.165) is 42.6 Å². The van der Waals surface area contributed by atoms with Gasteiger partial charge in [-0.05, 0) is 61.9 Å². The number of nitrogens with zero attached hydrogens (tertiary/aromatic N) is 5. The van der Waals surface area contributed by atoms with Crippen LogP contribution in [0.15, 0.2) is 53.3 Å². The number of nitrogens with two attached hydrogens (primary N) is 1. The van der Waals surface area contributed by atoms with Crippen LogP contribution in [0.25, 0.3) is 6.08 Å². The van der Waals surface area contributed by atoms with Crippen LogP contribution in [0.4, 0.5) is 11.4 Å². The number of rotatable bonds is 19. The van der Waals surface area contributed by atoms with Crippen LogP contribution in [0.3, 0.4) is 0 Å². The summed E-state index contributed by atoms with van der Waals surface area (Å²) in [5.41, 5.74) is 11.1. The molecule has 1 aromatic heterocycles. The minimum absolute atomic E-state index is 0.0715. The molecule has 0 atom stereocenters. The van der Waals surface area contributed by atoms with Crippen molar-refractivity contribution >= 4 is 64.6 Å². The summed E-state index contributed by atoms with van der Waals surface area (Å²) in [5, 5.41) is 10.4. The quantitative estimate of drug-likeness (QED) is 0.131. The van der Waals surface area contributed by atoms with Crippen molar-refractivity contribution in [1.82, 2.24) is 35.6 Å². The predicted octanol–water partition coefficient (Wildman–Crippen LogP) is 2.69. The molecule has 1 fully saturated rings. The van der Waals surface area contributed by atoms with Crippen molar-refractivity contribution in [3.05, 3.63) is 70.7 Å². The molecule has 3 aliphatic rings. The molecule has 4 heterocycles. The van der Waals surface area contributed by atoms with E-state index in [0.29, 0.717) is 79.9 Å². The van der Waals surface area contributed by atoms with Crippen LogP contribution in [0.2, 0.25) is 0 Å². The largest absolute Gasteiger partial charge is 0.387 e. The van der Waals surface area contributed by atoms with Gasteiger partial charge in [0.1, 0.15) is 5.84 Å². The summed E-state index contributed by atoms with van der Waals surface area (Å²) in [6.45, 7) is 9.53. The monoisotopic (exact) mass is 824 g/mol. The Kier molecular flexibility index (Phi) is 16.1. The second kappa shape index (κ2) is 21.6. The molecule has 6 N–H and O–H groups in total. The van der Waals surface area contributed by atoms with Crippen molar-refractivity contribution in [2.75, 3.05) is 51.1 Å². The molecule has 0 radical (unpaired) electrons. The highest BCUT2D eigenvalue weighted by atomic mass is 16.2. The summed E-state index contributed by atoms with van der Waals surface area (Å²) in [6.07, 6.45) is 9.28. The number of likely N-dealkylation sites (tertiary alicyclic amines) is 1. The maximum absolute atomic E-state index is 13.4. The number of carbonyl (C=O) groups is 7. The van der Waals surface area contributed by atoms with Gasteiger partial charge in [-0.1, -0.05) is 32.9 Å². The Morgan fingerprint density at radius 1 is 0.883 bits per heavy atom. The molecule has 3 aliphatic heterocycles. The average Bonchev–Trinajstić information content (AvgIpc) is 3.44. The van der Waals surface area contributed by atoms with E-state index in [4.69, 9.17) is 5.73 Å². The second-order valence-electron chi connectivity index (χ2n) is 15.1. The number of carbonyl (C=O) groups excluding carboxylic acids is 7. The molecule has 17 heteroatoms. The molecule has 5 rings (SSSR count). The van der Waals surface area contributed by atoms with E-state index >= 15 is 0 Å². The van der Waals surface area contributed by atoms with Crippen LogP contribution in [-0.2, 0) is 41.7 Å². The fraction of sp³-hybridized carbons (Fsp3) is 0.465. The Hall–Kier alpha value is -6.39. The molecule has 0 saturated carbocycles. The normalized spacial score (nSPS) is 14.6. The zero-order chi connectivity index (χ0) is 43.2. The summed E-state index contributed by atoms with van der Waals surface area (Å²) in [6, 6.07) is 6.80. The number of allylic oxidation sites excluding steroid dienone is 1. The van der Waals surface area contributed by atoms with Crippen LogP contribution < -0.4 is 27.0 Å². The van der Waals surface area contributed by atoms with Gasteiger partial charge >= 0.3 is 0 Å². The summed E-state index contributed by atoms with van der Waals surface area (Å²) in [4.78, 5) is 102. The molecular weight excluding hydrogens is 769 g/mol. The Bertz CT molecular complexity index is 2040. The van der Waals surface area contributed by atoms with Gasteiger partial charge in [0.05, 0.1) is 37.2 Å². The number of fused-ring (bicyclic) bond motifs is 2. The minimum atomic E-state index is -0.562. The lowest BCUT2D eigenvalue weighted by atomic mass is 10.0. The molecule has 0 spiro atoms. The number of pyridine rings is 1. The summed E-state index contributed by atoms with van der Waals surface area (Å²) in [5.74, 6) is -1.83. The Balaban J connectivity index is 1.03. The highest BCUT2D eigenvalue weighted by Gasteiger charge is 2.25. The molecule has 0 bridgehead atoms. The standard InChI is InChI=1S/C43H56N10O7/c1-4-15-51(16-5-2)43(60)31-19-29-11-12-30(21-35(29)50-36(44)22-31)42(59)49-33-20-32-27-52(18-14-34(32)45-23-33)41(58)26-48-39(56)25-47-38(55)24-46-37(54)9-7-6-8-17-53-28(3)10-13-40(53)57/h11-12,19-21,23H,3-10,13-18,22,24-27H2,1-2H3,(H2,44,50)(H,46,54)(H,47,55)(H,48,56)(H,49,59). The van der Waals surface area contributed by atoms with Gasteiger partial charge in [0.25, 0.3) is 5.91 Å². The van der Waals surface area contributed by atoms with Crippen LogP contribution in [0, 0.1) is 0 Å². The Morgan fingerprint density at radius 2 is 1.60 bits per heavy atom.